The van der Waals surface area contributed by atoms with Gasteiger partial charge in [-0.15, -0.1) is 0 Å². The fourth-order valence-electron chi connectivity index (χ4n) is 4.36. The Hall–Kier alpha value is -2.77. The summed E-state index contributed by atoms with van der Waals surface area (Å²) in [4.78, 5) is 53.5. The molecule has 0 bridgehead atoms. The van der Waals surface area contributed by atoms with Crippen molar-refractivity contribution in [1.82, 2.24) is 10.2 Å². The fraction of sp³-hybridized carbons (Fsp3) is 0.409. The average molecular weight is 538 g/mol. The molecule has 2 unspecified atom stereocenters. The van der Waals surface area contributed by atoms with E-state index in [9.17, 15) is 32.7 Å². The maximum atomic E-state index is 13.5. The summed E-state index contributed by atoms with van der Waals surface area (Å²) in [6, 6.07) is 4.97. The molecule has 3 aliphatic heterocycles. The standard InChI is InChI=1S/C22H23N3O7S3/c1-11(2)17(21(29)30)23-15(26)9-24-14-6-4-3-5-13(14)16(19(24)27)18-20(28)25(22(33)34-18)12-7-8-35(31,32)10-12/h3-6,11-12,17H,7-10H2,1-2H3,(H,23,26)(H,29,30)/b18-16-. The van der Waals surface area contributed by atoms with Gasteiger partial charge in [-0.05, 0) is 18.4 Å². The van der Waals surface area contributed by atoms with E-state index in [1.54, 1.807) is 38.1 Å². The van der Waals surface area contributed by atoms with E-state index in [2.05, 4.69) is 5.32 Å². The van der Waals surface area contributed by atoms with E-state index in [0.29, 0.717) is 11.3 Å². The number of amides is 3. The molecule has 0 radical (unpaired) electrons. The maximum Gasteiger partial charge on any atom is 0.326 e. The van der Waals surface area contributed by atoms with Crippen LogP contribution in [-0.4, -0.2) is 76.6 Å². The summed E-state index contributed by atoms with van der Waals surface area (Å²) in [6.45, 7) is 2.88. The molecule has 13 heteroatoms. The zero-order chi connectivity index (χ0) is 25.7. The Balaban J connectivity index is 1.65. The predicted octanol–water partition coefficient (Wildman–Crippen LogP) is 1.02. The van der Waals surface area contributed by atoms with Gasteiger partial charge in [0.15, 0.2) is 9.84 Å². The number of aliphatic carboxylic acids is 1. The van der Waals surface area contributed by atoms with Crippen molar-refractivity contribution in [3.05, 3.63) is 34.7 Å². The van der Waals surface area contributed by atoms with Crippen LogP contribution in [0.4, 0.5) is 5.69 Å². The van der Waals surface area contributed by atoms with Gasteiger partial charge in [0, 0.05) is 5.56 Å². The number of fused-ring (bicyclic) bond motifs is 1. The van der Waals surface area contributed by atoms with E-state index in [1.165, 1.54) is 9.80 Å². The summed E-state index contributed by atoms with van der Waals surface area (Å²) in [5.41, 5.74) is 0.948. The monoisotopic (exact) mass is 537 g/mol. The van der Waals surface area contributed by atoms with E-state index < -0.39 is 52.2 Å². The molecule has 186 valence electrons. The van der Waals surface area contributed by atoms with Gasteiger partial charge in [0.25, 0.3) is 11.8 Å². The van der Waals surface area contributed by atoms with Crippen LogP contribution in [0.1, 0.15) is 25.8 Å². The molecule has 3 aliphatic rings. The number of thiocarbonyl (C=S) groups is 1. The van der Waals surface area contributed by atoms with E-state index in [-0.39, 0.29) is 38.6 Å². The van der Waals surface area contributed by atoms with Crippen LogP contribution in [0.25, 0.3) is 5.57 Å². The second kappa shape index (κ2) is 9.36. The SMILES string of the molecule is CC(C)C(NC(=O)CN1C(=O)/C(=C2\SC(=S)N(C3CCS(=O)(=O)C3)C2=O)c2ccccc21)C(=O)O. The lowest BCUT2D eigenvalue weighted by atomic mass is 10.0. The highest BCUT2D eigenvalue weighted by atomic mass is 32.2. The smallest absolute Gasteiger partial charge is 0.326 e. The highest BCUT2D eigenvalue weighted by Gasteiger charge is 2.46. The number of benzene rings is 1. The first-order chi connectivity index (χ1) is 16.4. The number of anilines is 1. The summed E-state index contributed by atoms with van der Waals surface area (Å²) in [5.74, 6) is -3.53. The normalized spacial score (nSPS) is 24.3. The van der Waals surface area contributed by atoms with E-state index in [1.807, 2.05) is 0 Å². The number of carboxylic acid groups (broad SMARTS) is 1. The molecule has 2 fully saturated rings. The number of nitrogens with one attached hydrogen (secondary N) is 1. The van der Waals surface area contributed by atoms with Gasteiger partial charge in [0.2, 0.25) is 5.91 Å². The minimum absolute atomic E-state index is 0.0288. The number of carboxylic acids is 1. The molecule has 3 amide bonds. The van der Waals surface area contributed by atoms with Gasteiger partial charge in [0.1, 0.15) is 16.9 Å². The number of para-hydroxylation sites is 1. The van der Waals surface area contributed by atoms with Gasteiger partial charge in [-0.2, -0.15) is 0 Å². The minimum Gasteiger partial charge on any atom is -0.480 e. The third-order valence-electron chi connectivity index (χ3n) is 6.07. The van der Waals surface area contributed by atoms with Crippen LogP contribution >= 0.6 is 24.0 Å². The molecule has 1 aromatic rings. The van der Waals surface area contributed by atoms with Gasteiger partial charge < -0.3 is 10.4 Å². The first-order valence-corrected chi connectivity index (χ1v) is 13.9. The van der Waals surface area contributed by atoms with Crippen LogP contribution in [0, 0.1) is 5.92 Å². The summed E-state index contributed by atoms with van der Waals surface area (Å²) >= 11 is 6.31. The second-order valence-corrected chi connectivity index (χ2v) is 12.7. The zero-order valence-corrected chi connectivity index (χ0v) is 21.3. The van der Waals surface area contributed by atoms with Crippen LogP contribution in [0.5, 0.6) is 0 Å². The molecule has 2 saturated heterocycles. The molecule has 0 saturated carbocycles. The molecule has 0 aromatic heterocycles. The summed E-state index contributed by atoms with van der Waals surface area (Å²) < 4.78 is 24.1. The topological polar surface area (TPSA) is 141 Å². The number of thioether (sulfide) groups is 1. The molecule has 10 nitrogen and oxygen atoms in total. The summed E-state index contributed by atoms with van der Waals surface area (Å²) in [6.07, 6.45) is 0.273. The third-order valence-corrected chi connectivity index (χ3v) is 9.23. The van der Waals surface area contributed by atoms with Crippen molar-refractivity contribution < 1.29 is 32.7 Å². The molecule has 35 heavy (non-hydrogen) atoms. The largest absolute Gasteiger partial charge is 0.480 e. The predicted molar refractivity (Wildman–Crippen MR) is 134 cm³/mol. The van der Waals surface area contributed by atoms with Gasteiger partial charge in [-0.25, -0.2) is 13.2 Å². The van der Waals surface area contributed by atoms with Crippen molar-refractivity contribution >= 4 is 73.1 Å². The quantitative estimate of drug-likeness (QED) is 0.402. The molecule has 1 aromatic carbocycles. The van der Waals surface area contributed by atoms with Crippen molar-refractivity contribution in [3.63, 3.8) is 0 Å². The second-order valence-electron chi connectivity index (χ2n) is 8.84. The molecular weight excluding hydrogens is 514 g/mol. The van der Waals surface area contributed by atoms with E-state index in [0.717, 1.165) is 11.8 Å². The number of carbonyl (C=O) groups is 4. The highest BCUT2D eigenvalue weighted by Crippen LogP contribution is 2.45. The summed E-state index contributed by atoms with van der Waals surface area (Å²) in [7, 11) is -3.26. The van der Waals surface area contributed by atoms with Crippen LogP contribution < -0.4 is 10.2 Å². The maximum absolute atomic E-state index is 13.5. The van der Waals surface area contributed by atoms with Crippen molar-refractivity contribution in [1.29, 1.82) is 0 Å². The Morgan fingerprint density at radius 3 is 2.51 bits per heavy atom. The Morgan fingerprint density at radius 1 is 1.23 bits per heavy atom. The van der Waals surface area contributed by atoms with Gasteiger partial charge in [-0.3, -0.25) is 24.2 Å². The number of rotatable bonds is 6. The zero-order valence-electron chi connectivity index (χ0n) is 18.9. The molecular formula is C22H23N3O7S3. The highest BCUT2D eigenvalue weighted by molar-refractivity contribution is 8.26. The number of hydrogen-bond acceptors (Lipinski definition) is 8. The number of carbonyl (C=O) groups excluding carboxylic acids is 3. The molecule has 0 spiro atoms. The van der Waals surface area contributed by atoms with Crippen molar-refractivity contribution in [2.75, 3.05) is 23.0 Å². The minimum atomic E-state index is -3.26. The number of sulfone groups is 1. The average Bonchev–Trinajstić information content (AvgIpc) is 3.36. The molecule has 2 N–H and O–H groups in total. The van der Waals surface area contributed by atoms with Crippen LogP contribution in [0.3, 0.4) is 0 Å². The van der Waals surface area contributed by atoms with Crippen LogP contribution in [0.2, 0.25) is 0 Å². The van der Waals surface area contributed by atoms with Crippen molar-refractivity contribution in [3.8, 4) is 0 Å². The Kier molecular flexibility index (Phi) is 6.77. The number of nitrogens with zero attached hydrogens (tertiary/aromatic N) is 2. The Morgan fingerprint density at radius 2 is 1.91 bits per heavy atom. The lowest BCUT2D eigenvalue weighted by Gasteiger charge is -2.21. The molecule has 0 aliphatic carbocycles. The Bertz CT molecular complexity index is 1290. The van der Waals surface area contributed by atoms with Crippen molar-refractivity contribution in [2.45, 2.75) is 32.4 Å². The van der Waals surface area contributed by atoms with Gasteiger partial charge >= 0.3 is 5.97 Å². The first kappa shape index (κ1) is 25.3. The fourth-order valence-corrected chi connectivity index (χ4v) is 7.53. The van der Waals surface area contributed by atoms with Gasteiger partial charge in [-0.1, -0.05) is 56.0 Å². The molecule has 3 heterocycles. The number of hydrogen-bond donors (Lipinski definition) is 2. The summed E-state index contributed by atoms with van der Waals surface area (Å²) in [5, 5.41) is 11.8. The lowest BCUT2D eigenvalue weighted by molar-refractivity contribution is -0.142. The Labute approximate surface area is 211 Å². The van der Waals surface area contributed by atoms with Crippen molar-refractivity contribution in [2.24, 2.45) is 5.92 Å². The third kappa shape index (κ3) is 4.71. The van der Waals surface area contributed by atoms with Gasteiger partial charge in [0.05, 0.1) is 33.7 Å². The van der Waals surface area contributed by atoms with Crippen LogP contribution in [-0.2, 0) is 29.0 Å². The first-order valence-electron chi connectivity index (χ1n) is 10.8. The lowest BCUT2D eigenvalue weighted by Crippen LogP contribution is -2.48. The van der Waals surface area contributed by atoms with E-state index >= 15 is 0 Å². The van der Waals surface area contributed by atoms with E-state index in [4.69, 9.17) is 12.2 Å². The van der Waals surface area contributed by atoms with Crippen LogP contribution in [0.15, 0.2) is 29.2 Å². The molecule has 2 atom stereocenters. The molecule has 4 rings (SSSR count).